The third-order valence-electron chi connectivity index (χ3n) is 6.42. The summed E-state index contributed by atoms with van der Waals surface area (Å²) in [4.78, 5) is 42.9. The summed E-state index contributed by atoms with van der Waals surface area (Å²) in [5.74, 6) is -0.667. The van der Waals surface area contributed by atoms with Gasteiger partial charge in [-0.05, 0) is 89.6 Å². The maximum absolute atomic E-state index is 14.6. The molecule has 0 fully saturated rings. The summed E-state index contributed by atoms with van der Waals surface area (Å²) in [5, 5.41) is 26.2. The van der Waals surface area contributed by atoms with Crippen LogP contribution >= 0.6 is 0 Å². The van der Waals surface area contributed by atoms with Crippen LogP contribution in [0.5, 0.6) is 17.2 Å². The predicted octanol–water partition coefficient (Wildman–Crippen LogP) is 5.55. The van der Waals surface area contributed by atoms with Gasteiger partial charge in [0.25, 0.3) is 5.91 Å². The molecular formula is C33H41N3O7. The Labute approximate surface area is 252 Å². The maximum Gasteiger partial charge on any atom is 0.408 e. The van der Waals surface area contributed by atoms with Crippen molar-refractivity contribution in [3.05, 3.63) is 83.9 Å². The molecule has 230 valence electrons. The highest BCUT2D eigenvalue weighted by Crippen LogP contribution is 2.35. The van der Waals surface area contributed by atoms with Crippen LogP contribution in [0.1, 0.15) is 58.7 Å². The number of phenols is 2. The zero-order valence-corrected chi connectivity index (χ0v) is 25.7. The summed E-state index contributed by atoms with van der Waals surface area (Å²) >= 11 is 0. The molecule has 0 aliphatic carbocycles. The highest BCUT2D eigenvalue weighted by molar-refractivity contribution is 5.99. The third-order valence-corrected chi connectivity index (χ3v) is 6.42. The topological polar surface area (TPSA) is 137 Å². The maximum atomic E-state index is 14.6. The van der Waals surface area contributed by atoms with Gasteiger partial charge in [0.1, 0.15) is 34.9 Å². The molecule has 0 saturated heterocycles. The average Bonchev–Trinajstić information content (AvgIpc) is 2.91. The Kier molecular flexibility index (Phi) is 10.3. The summed E-state index contributed by atoms with van der Waals surface area (Å²) in [6, 6.07) is 16.8. The smallest absolute Gasteiger partial charge is 0.408 e. The minimum Gasteiger partial charge on any atom is -0.508 e. The SMILES string of the molecule is COc1ccc(NC(=O)C(c2ccccc2O)N(C(=O)C(Cc2ccc(O)cc2)NC(=O)OC(C)(C)C)C(C)(C)C)cc1. The van der Waals surface area contributed by atoms with E-state index in [1.807, 2.05) is 0 Å². The molecule has 0 saturated carbocycles. The van der Waals surface area contributed by atoms with Crippen molar-refractivity contribution in [3.8, 4) is 17.2 Å². The first kappa shape index (κ1) is 32.8. The number of carbonyl (C=O) groups excluding carboxylic acids is 3. The van der Waals surface area contributed by atoms with Crippen molar-refractivity contribution < 1.29 is 34.1 Å². The van der Waals surface area contributed by atoms with Gasteiger partial charge < -0.3 is 35.2 Å². The fourth-order valence-electron chi connectivity index (χ4n) is 4.53. The first-order valence-corrected chi connectivity index (χ1v) is 13.9. The van der Waals surface area contributed by atoms with E-state index in [2.05, 4.69) is 10.6 Å². The number of nitrogens with zero attached hydrogens (tertiary/aromatic N) is 1. The molecule has 43 heavy (non-hydrogen) atoms. The van der Waals surface area contributed by atoms with Gasteiger partial charge in [0.15, 0.2) is 0 Å². The van der Waals surface area contributed by atoms with Crippen LogP contribution < -0.4 is 15.4 Å². The van der Waals surface area contributed by atoms with Gasteiger partial charge in [-0.3, -0.25) is 9.59 Å². The normalized spacial score (nSPS) is 12.9. The molecule has 4 N–H and O–H groups in total. The zero-order valence-electron chi connectivity index (χ0n) is 25.7. The van der Waals surface area contributed by atoms with Crippen LogP contribution in [0.3, 0.4) is 0 Å². The molecule has 3 rings (SSSR count). The number of nitrogens with one attached hydrogen (secondary N) is 2. The first-order valence-electron chi connectivity index (χ1n) is 13.9. The Bertz CT molecular complexity index is 1410. The molecule has 0 heterocycles. The fraction of sp³-hybridized carbons (Fsp3) is 0.364. The molecule has 0 aliphatic rings. The minimum absolute atomic E-state index is 0.0402. The monoisotopic (exact) mass is 591 g/mol. The van der Waals surface area contributed by atoms with Crippen LogP contribution in [0.25, 0.3) is 0 Å². The lowest BCUT2D eigenvalue weighted by molar-refractivity contribution is -0.146. The number of amides is 3. The molecule has 0 radical (unpaired) electrons. The fourth-order valence-corrected chi connectivity index (χ4v) is 4.53. The van der Waals surface area contributed by atoms with E-state index in [9.17, 15) is 24.6 Å². The standard InChI is InChI=1S/C33H41N3O7/c1-32(2,3)36(30(40)26(35-31(41)43-33(4,5)6)20-21-12-16-23(37)17-13-21)28(25-10-8-9-11-27(25)38)29(39)34-22-14-18-24(42-7)19-15-22/h8-19,26,28,37-38H,20H2,1-7H3,(H,34,39)(H,35,41). The van der Waals surface area contributed by atoms with Crippen LogP contribution in [0.15, 0.2) is 72.8 Å². The molecule has 2 unspecified atom stereocenters. The van der Waals surface area contributed by atoms with Gasteiger partial charge >= 0.3 is 6.09 Å². The number of carbonyl (C=O) groups is 3. The van der Waals surface area contributed by atoms with Crippen molar-refractivity contribution in [1.82, 2.24) is 10.2 Å². The number of hydrogen-bond donors (Lipinski definition) is 4. The van der Waals surface area contributed by atoms with Gasteiger partial charge in [0.05, 0.1) is 7.11 Å². The number of hydrogen-bond acceptors (Lipinski definition) is 7. The lowest BCUT2D eigenvalue weighted by atomic mass is 9.93. The molecule has 10 nitrogen and oxygen atoms in total. The Morgan fingerprint density at radius 1 is 0.860 bits per heavy atom. The summed E-state index contributed by atoms with van der Waals surface area (Å²) in [7, 11) is 1.54. The number of alkyl carbamates (subject to hydrolysis) is 1. The van der Waals surface area contributed by atoms with E-state index in [1.54, 1.807) is 96.1 Å². The van der Waals surface area contributed by atoms with E-state index in [4.69, 9.17) is 9.47 Å². The van der Waals surface area contributed by atoms with E-state index in [1.165, 1.54) is 30.2 Å². The van der Waals surface area contributed by atoms with Crippen LogP contribution in [0, 0.1) is 0 Å². The van der Waals surface area contributed by atoms with Gasteiger partial charge in [-0.1, -0.05) is 30.3 Å². The Morgan fingerprint density at radius 2 is 1.47 bits per heavy atom. The molecule has 3 aromatic rings. The molecule has 0 bridgehead atoms. The number of rotatable bonds is 9. The van der Waals surface area contributed by atoms with Crippen molar-refractivity contribution in [2.75, 3.05) is 12.4 Å². The van der Waals surface area contributed by atoms with Gasteiger partial charge in [0, 0.05) is 23.2 Å². The van der Waals surface area contributed by atoms with E-state index >= 15 is 0 Å². The number of anilines is 1. The second-order valence-electron chi connectivity index (χ2n) is 12.1. The van der Waals surface area contributed by atoms with Crippen molar-refractivity contribution in [1.29, 1.82) is 0 Å². The molecule has 0 spiro atoms. The number of methoxy groups -OCH3 is 1. The third kappa shape index (κ3) is 9.13. The van der Waals surface area contributed by atoms with Crippen molar-refractivity contribution in [2.45, 2.75) is 71.2 Å². The number of phenolic OH excluding ortho intramolecular Hbond substituents is 2. The Balaban J connectivity index is 2.10. The summed E-state index contributed by atoms with van der Waals surface area (Å²) < 4.78 is 10.7. The molecule has 2 atom stereocenters. The average molecular weight is 592 g/mol. The quantitative estimate of drug-likeness (QED) is 0.256. The van der Waals surface area contributed by atoms with Crippen LogP contribution in [-0.4, -0.2) is 57.3 Å². The van der Waals surface area contributed by atoms with Crippen molar-refractivity contribution in [2.24, 2.45) is 0 Å². The van der Waals surface area contributed by atoms with E-state index in [-0.39, 0.29) is 23.5 Å². The van der Waals surface area contributed by atoms with Gasteiger partial charge in [0.2, 0.25) is 5.91 Å². The molecule has 10 heteroatoms. The summed E-state index contributed by atoms with van der Waals surface area (Å²) in [6.07, 6.45) is -0.765. The highest BCUT2D eigenvalue weighted by Gasteiger charge is 2.43. The second kappa shape index (κ2) is 13.5. The Hall–Kier alpha value is -4.73. The largest absolute Gasteiger partial charge is 0.508 e. The molecule has 0 aromatic heterocycles. The zero-order chi connectivity index (χ0) is 31.9. The first-order chi connectivity index (χ1) is 20.1. The van der Waals surface area contributed by atoms with Crippen molar-refractivity contribution in [3.63, 3.8) is 0 Å². The van der Waals surface area contributed by atoms with E-state index in [0.717, 1.165) is 0 Å². The number of ether oxygens (including phenoxy) is 2. The van der Waals surface area contributed by atoms with Crippen LogP contribution in [0.4, 0.5) is 10.5 Å². The van der Waals surface area contributed by atoms with Gasteiger partial charge in [-0.25, -0.2) is 4.79 Å². The lowest BCUT2D eigenvalue weighted by Crippen LogP contribution is -2.58. The molecule has 0 aliphatic heterocycles. The number of para-hydroxylation sites is 1. The summed E-state index contributed by atoms with van der Waals surface area (Å²) in [6.45, 7) is 10.4. The second-order valence-corrected chi connectivity index (χ2v) is 12.1. The van der Waals surface area contributed by atoms with Crippen molar-refractivity contribution >= 4 is 23.6 Å². The lowest BCUT2D eigenvalue weighted by Gasteiger charge is -2.43. The molecular weight excluding hydrogens is 550 g/mol. The van der Waals surface area contributed by atoms with Crippen LogP contribution in [0.2, 0.25) is 0 Å². The van der Waals surface area contributed by atoms with Gasteiger partial charge in [-0.15, -0.1) is 0 Å². The minimum atomic E-state index is -1.29. The number of aromatic hydroxyl groups is 2. The van der Waals surface area contributed by atoms with Gasteiger partial charge in [-0.2, -0.15) is 0 Å². The van der Waals surface area contributed by atoms with E-state index in [0.29, 0.717) is 17.0 Å². The molecule has 3 amide bonds. The highest BCUT2D eigenvalue weighted by atomic mass is 16.6. The predicted molar refractivity (Wildman–Crippen MR) is 164 cm³/mol. The molecule has 3 aromatic carbocycles. The van der Waals surface area contributed by atoms with Crippen LogP contribution in [-0.2, 0) is 20.7 Å². The number of benzene rings is 3. The Morgan fingerprint density at radius 3 is 2.00 bits per heavy atom. The summed E-state index contributed by atoms with van der Waals surface area (Å²) in [5.41, 5.74) is -0.471. The van der Waals surface area contributed by atoms with E-state index < -0.39 is 41.1 Å².